The van der Waals surface area contributed by atoms with Crippen LogP contribution in [0.1, 0.15) is 12.8 Å². The van der Waals surface area contributed by atoms with Gasteiger partial charge in [0.15, 0.2) is 11.0 Å². The van der Waals surface area contributed by atoms with Crippen molar-refractivity contribution in [2.75, 3.05) is 13.2 Å². The molecule has 3 aromatic rings. The number of halogens is 2. The number of benzene rings is 2. The van der Waals surface area contributed by atoms with Crippen molar-refractivity contribution in [3.05, 3.63) is 63.5 Å². The molecule has 0 spiro atoms. The molecule has 1 heterocycles. The lowest BCUT2D eigenvalue weighted by Gasteiger charge is -2.32. The van der Waals surface area contributed by atoms with Gasteiger partial charge in [-0.2, -0.15) is 0 Å². The van der Waals surface area contributed by atoms with Crippen molar-refractivity contribution >= 4 is 28.5 Å². The van der Waals surface area contributed by atoms with E-state index in [1.165, 1.54) is 24.3 Å². The third-order valence-electron chi connectivity index (χ3n) is 5.05. The predicted molar refractivity (Wildman–Crippen MR) is 108 cm³/mol. The first-order valence-corrected chi connectivity index (χ1v) is 9.79. The molecule has 1 aliphatic carbocycles. The second kappa shape index (κ2) is 8.45. The molecule has 1 fully saturated rings. The van der Waals surface area contributed by atoms with Crippen molar-refractivity contribution in [1.82, 2.24) is 0 Å². The molecule has 1 aliphatic rings. The summed E-state index contributed by atoms with van der Waals surface area (Å²) < 4.78 is 30.9. The van der Waals surface area contributed by atoms with Gasteiger partial charge in [0, 0.05) is 12.1 Å². The molecular formula is C22H18ClFO6. The number of fused-ring (bicyclic) bond motifs is 1. The number of hydrogen-bond acceptors (Lipinski definition) is 5. The summed E-state index contributed by atoms with van der Waals surface area (Å²) >= 11 is 6.16. The number of hydrogen-bond donors (Lipinski definition) is 1. The zero-order valence-electron chi connectivity index (χ0n) is 15.8. The molecule has 0 radical (unpaired) electrons. The molecule has 0 atom stereocenters. The summed E-state index contributed by atoms with van der Waals surface area (Å²) in [5.41, 5.74) is 0.383. The fraction of sp³-hybridized carbons (Fsp3) is 0.273. The van der Waals surface area contributed by atoms with E-state index in [4.69, 9.17) is 30.6 Å². The smallest absolute Gasteiger partial charge is 0.306 e. The normalized spacial score (nSPS) is 18.2. The molecule has 8 heteroatoms. The minimum absolute atomic E-state index is 0.109. The summed E-state index contributed by atoms with van der Waals surface area (Å²) in [4.78, 5) is 23.3. The maximum Gasteiger partial charge on any atom is 0.306 e. The highest BCUT2D eigenvalue weighted by atomic mass is 35.5. The summed E-state index contributed by atoms with van der Waals surface area (Å²) in [5, 5.41) is 9.53. The number of rotatable bonds is 7. The maximum atomic E-state index is 13.8. The average Bonchev–Trinajstić information content (AvgIpc) is 2.67. The van der Waals surface area contributed by atoms with Crippen molar-refractivity contribution in [2.45, 2.75) is 18.9 Å². The van der Waals surface area contributed by atoms with Gasteiger partial charge >= 0.3 is 5.97 Å². The Labute approximate surface area is 175 Å². The lowest BCUT2D eigenvalue weighted by atomic mass is 9.82. The van der Waals surface area contributed by atoms with Gasteiger partial charge in [0.1, 0.15) is 23.9 Å². The van der Waals surface area contributed by atoms with E-state index in [9.17, 15) is 14.0 Å². The minimum Gasteiger partial charge on any atom is -0.490 e. The molecule has 0 aliphatic heterocycles. The molecule has 4 rings (SSSR count). The van der Waals surface area contributed by atoms with E-state index in [0.29, 0.717) is 28.8 Å². The van der Waals surface area contributed by atoms with Crippen molar-refractivity contribution in [2.24, 2.45) is 5.92 Å². The monoisotopic (exact) mass is 432 g/mol. The first-order valence-electron chi connectivity index (χ1n) is 9.42. The zero-order chi connectivity index (χ0) is 21.3. The van der Waals surface area contributed by atoms with E-state index in [-0.39, 0.29) is 47.8 Å². The molecule has 156 valence electrons. The summed E-state index contributed by atoms with van der Waals surface area (Å²) in [7, 11) is 0. The fourth-order valence-corrected chi connectivity index (χ4v) is 3.58. The molecule has 6 nitrogen and oxygen atoms in total. The van der Waals surface area contributed by atoms with Gasteiger partial charge in [-0.25, -0.2) is 4.39 Å². The number of ether oxygens (including phenoxy) is 2. The second-order valence-electron chi connectivity index (χ2n) is 7.08. The van der Waals surface area contributed by atoms with Crippen LogP contribution in [0.2, 0.25) is 5.02 Å². The van der Waals surface area contributed by atoms with Crippen molar-refractivity contribution in [1.29, 1.82) is 0 Å². The van der Waals surface area contributed by atoms with Gasteiger partial charge in [-0.3, -0.25) is 9.59 Å². The fourth-order valence-electron chi connectivity index (χ4n) is 3.36. The van der Waals surface area contributed by atoms with Gasteiger partial charge in [-0.05, 0) is 37.1 Å². The molecule has 1 saturated carbocycles. The third kappa shape index (κ3) is 4.17. The third-order valence-corrected chi connectivity index (χ3v) is 5.35. The van der Waals surface area contributed by atoms with Gasteiger partial charge in [0.05, 0.1) is 34.6 Å². The SMILES string of the molecule is O=c1cc(-c2ccc(F)cc2OCCO[C@H]2C[C@@H](C(=O)O)C2)oc2c(Cl)cccc12. The number of aliphatic carboxylic acids is 1. The van der Waals surface area contributed by atoms with Crippen molar-refractivity contribution < 1.29 is 28.2 Å². The second-order valence-corrected chi connectivity index (χ2v) is 7.49. The van der Waals surface area contributed by atoms with Gasteiger partial charge in [0.2, 0.25) is 0 Å². The van der Waals surface area contributed by atoms with Crippen molar-refractivity contribution in [3.8, 4) is 17.1 Å². The standard InChI is InChI=1S/C22H18ClFO6/c23-17-3-1-2-15-18(25)11-20(30-21(15)17)16-5-4-13(24)10-19(16)29-7-6-28-14-8-12(9-14)22(26)27/h1-5,10-12,14H,6-9H2,(H,26,27)/t12-,14+. The Morgan fingerprint density at radius 1 is 1.20 bits per heavy atom. The van der Waals surface area contributed by atoms with Crippen LogP contribution in [0.25, 0.3) is 22.3 Å². The van der Waals surface area contributed by atoms with E-state index in [1.54, 1.807) is 18.2 Å². The van der Waals surface area contributed by atoms with Crippen LogP contribution in [0.15, 0.2) is 51.7 Å². The Bertz CT molecular complexity index is 1150. The van der Waals surface area contributed by atoms with E-state index in [1.807, 2.05) is 0 Å². The molecule has 30 heavy (non-hydrogen) atoms. The molecule has 2 aromatic carbocycles. The average molecular weight is 433 g/mol. The van der Waals surface area contributed by atoms with Crippen LogP contribution in [0.4, 0.5) is 4.39 Å². The van der Waals surface area contributed by atoms with Crippen LogP contribution in [-0.2, 0) is 9.53 Å². The highest BCUT2D eigenvalue weighted by molar-refractivity contribution is 6.34. The van der Waals surface area contributed by atoms with Crippen molar-refractivity contribution in [3.63, 3.8) is 0 Å². The van der Waals surface area contributed by atoms with Crippen LogP contribution in [0.3, 0.4) is 0 Å². The number of para-hydroxylation sites is 1. The molecule has 1 aromatic heterocycles. The van der Waals surface area contributed by atoms with Crippen LogP contribution >= 0.6 is 11.6 Å². The molecule has 0 saturated heterocycles. The largest absolute Gasteiger partial charge is 0.490 e. The molecule has 1 N–H and O–H groups in total. The summed E-state index contributed by atoms with van der Waals surface area (Å²) in [5.74, 6) is -1.26. The Balaban J connectivity index is 1.50. The van der Waals surface area contributed by atoms with Crippen LogP contribution in [0, 0.1) is 11.7 Å². The topological polar surface area (TPSA) is 86.0 Å². The number of carbonyl (C=O) groups is 1. The quantitative estimate of drug-likeness (QED) is 0.553. The van der Waals surface area contributed by atoms with Gasteiger partial charge < -0.3 is 19.0 Å². The summed E-state index contributed by atoms with van der Waals surface area (Å²) in [6.45, 7) is 0.351. The lowest BCUT2D eigenvalue weighted by Crippen LogP contribution is -2.37. The summed E-state index contributed by atoms with van der Waals surface area (Å²) in [6.07, 6.45) is 0.843. The van der Waals surface area contributed by atoms with E-state index in [0.717, 1.165) is 0 Å². The molecule has 0 bridgehead atoms. The zero-order valence-corrected chi connectivity index (χ0v) is 16.5. The highest BCUT2D eigenvalue weighted by Gasteiger charge is 2.35. The number of carboxylic acids is 1. The van der Waals surface area contributed by atoms with E-state index in [2.05, 4.69) is 0 Å². The van der Waals surface area contributed by atoms with Gasteiger partial charge in [-0.1, -0.05) is 17.7 Å². The maximum absolute atomic E-state index is 13.8. The highest BCUT2D eigenvalue weighted by Crippen LogP contribution is 2.34. The first kappa shape index (κ1) is 20.4. The Hall–Kier alpha value is -2.90. The van der Waals surface area contributed by atoms with Crippen LogP contribution in [0.5, 0.6) is 5.75 Å². The van der Waals surface area contributed by atoms with Crippen LogP contribution in [-0.4, -0.2) is 30.4 Å². The molecular weight excluding hydrogens is 415 g/mol. The molecule has 0 amide bonds. The predicted octanol–water partition coefficient (Wildman–Crippen LogP) is 4.51. The molecule has 0 unspecified atom stereocenters. The van der Waals surface area contributed by atoms with Gasteiger partial charge in [-0.15, -0.1) is 0 Å². The summed E-state index contributed by atoms with van der Waals surface area (Å²) in [6, 6.07) is 10.1. The Morgan fingerprint density at radius 2 is 2.00 bits per heavy atom. The van der Waals surface area contributed by atoms with E-state index >= 15 is 0 Å². The lowest BCUT2D eigenvalue weighted by molar-refractivity contribution is -0.151. The first-order chi connectivity index (χ1) is 14.4. The van der Waals surface area contributed by atoms with Crippen LogP contribution < -0.4 is 10.2 Å². The number of carboxylic acid groups (broad SMARTS) is 1. The minimum atomic E-state index is -0.813. The van der Waals surface area contributed by atoms with Gasteiger partial charge in [0.25, 0.3) is 0 Å². The Morgan fingerprint density at radius 3 is 2.77 bits per heavy atom. The van der Waals surface area contributed by atoms with E-state index < -0.39 is 11.8 Å². The Kier molecular flexibility index (Phi) is 5.74.